The topological polar surface area (TPSA) is 65.0 Å². The zero-order valence-corrected chi connectivity index (χ0v) is 11.3. The van der Waals surface area contributed by atoms with Gasteiger partial charge in [-0.25, -0.2) is 9.97 Å². The molecule has 2 aromatic heterocycles. The third-order valence-electron chi connectivity index (χ3n) is 2.65. The van der Waals surface area contributed by atoms with Crippen molar-refractivity contribution in [2.45, 2.75) is 13.3 Å². The van der Waals surface area contributed by atoms with E-state index in [9.17, 15) is 4.79 Å². The molecule has 98 valence electrons. The van der Waals surface area contributed by atoms with Gasteiger partial charge in [-0.3, -0.25) is 9.78 Å². The Morgan fingerprint density at radius 2 is 2.00 bits per heavy atom. The fourth-order valence-electron chi connectivity index (χ4n) is 1.61. The predicted molar refractivity (Wildman–Crippen MR) is 70.7 cm³/mol. The first-order valence-electron chi connectivity index (χ1n) is 5.62. The zero-order valence-electron chi connectivity index (χ0n) is 10.6. The molecule has 0 atom stereocenters. The number of halogens is 1. The van der Waals surface area contributed by atoms with Crippen LogP contribution in [0.2, 0.25) is 5.15 Å². The van der Waals surface area contributed by atoms with Crippen LogP contribution in [0.5, 0.6) is 0 Å². The second kappa shape index (κ2) is 5.75. The maximum Gasteiger partial charge on any atom is 0.310 e. The maximum atomic E-state index is 11.3. The van der Waals surface area contributed by atoms with Crippen molar-refractivity contribution in [1.82, 2.24) is 15.0 Å². The first-order chi connectivity index (χ1) is 9.11. The summed E-state index contributed by atoms with van der Waals surface area (Å²) in [5.74, 6) is 0.142. The average molecular weight is 278 g/mol. The monoisotopic (exact) mass is 277 g/mol. The van der Waals surface area contributed by atoms with E-state index in [1.807, 2.05) is 0 Å². The highest BCUT2D eigenvalue weighted by atomic mass is 35.5. The molecule has 0 bridgehead atoms. The van der Waals surface area contributed by atoms with Crippen molar-refractivity contribution < 1.29 is 9.53 Å². The van der Waals surface area contributed by atoms with Crippen LogP contribution in [-0.4, -0.2) is 28.0 Å². The summed E-state index contributed by atoms with van der Waals surface area (Å²) in [6, 6.07) is 3.59. The van der Waals surface area contributed by atoms with E-state index in [1.54, 1.807) is 31.5 Å². The highest BCUT2D eigenvalue weighted by molar-refractivity contribution is 6.30. The number of esters is 1. The van der Waals surface area contributed by atoms with Crippen LogP contribution in [0.4, 0.5) is 0 Å². The number of aryl methyl sites for hydroxylation is 1. The summed E-state index contributed by atoms with van der Waals surface area (Å²) in [5, 5.41) is 0.268. The molecule has 0 N–H and O–H groups in total. The van der Waals surface area contributed by atoms with E-state index >= 15 is 0 Å². The van der Waals surface area contributed by atoms with Crippen molar-refractivity contribution in [3.8, 4) is 11.4 Å². The van der Waals surface area contributed by atoms with E-state index in [0.717, 1.165) is 5.56 Å². The van der Waals surface area contributed by atoms with Crippen LogP contribution in [0.25, 0.3) is 11.4 Å². The van der Waals surface area contributed by atoms with Gasteiger partial charge >= 0.3 is 5.97 Å². The fourth-order valence-corrected chi connectivity index (χ4v) is 1.89. The Labute approximate surface area is 115 Å². The van der Waals surface area contributed by atoms with Crippen molar-refractivity contribution in [2.24, 2.45) is 0 Å². The Kier molecular flexibility index (Phi) is 4.06. The van der Waals surface area contributed by atoms with E-state index in [4.69, 9.17) is 11.6 Å². The summed E-state index contributed by atoms with van der Waals surface area (Å²) in [7, 11) is 1.33. The van der Waals surface area contributed by atoms with Gasteiger partial charge in [0.15, 0.2) is 5.82 Å². The lowest BCUT2D eigenvalue weighted by Gasteiger charge is -2.08. The normalized spacial score (nSPS) is 10.3. The Balaban J connectivity index is 2.40. The highest BCUT2D eigenvalue weighted by Crippen LogP contribution is 2.22. The molecule has 0 saturated carbocycles. The highest BCUT2D eigenvalue weighted by Gasteiger charge is 2.14. The van der Waals surface area contributed by atoms with Crippen molar-refractivity contribution >= 4 is 17.6 Å². The summed E-state index contributed by atoms with van der Waals surface area (Å²) >= 11 is 6.11. The Bertz CT molecular complexity index is 579. The third-order valence-corrected chi connectivity index (χ3v) is 2.96. The molecule has 0 aliphatic carbocycles. The third kappa shape index (κ3) is 3.06. The second-order valence-corrected chi connectivity index (χ2v) is 4.25. The van der Waals surface area contributed by atoms with Gasteiger partial charge in [-0.15, -0.1) is 0 Å². The molecule has 2 aromatic rings. The molecule has 0 aliphatic rings. The van der Waals surface area contributed by atoms with Gasteiger partial charge in [0.2, 0.25) is 0 Å². The minimum absolute atomic E-state index is 0.0673. The van der Waals surface area contributed by atoms with Crippen LogP contribution in [0.1, 0.15) is 11.3 Å². The van der Waals surface area contributed by atoms with Crippen molar-refractivity contribution in [1.29, 1.82) is 0 Å². The van der Waals surface area contributed by atoms with Gasteiger partial charge in [-0.1, -0.05) is 11.6 Å². The molecule has 2 rings (SSSR count). The molecule has 2 heterocycles. The summed E-state index contributed by atoms with van der Waals surface area (Å²) in [6.07, 6.45) is 3.38. The number of carbonyl (C=O) groups is 1. The Morgan fingerprint density at radius 3 is 2.58 bits per heavy atom. The quantitative estimate of drug-likeness (QED) is 0.636. The molecule has 0 unspecified atom stereocenters. The molecular formula is C13H12ClN3O2. The van der Waals surface area contributed by atoms with Crippen LogP contribution < -0.4 is 0 Å². The lowest BCUT2D eigenvalue weighted by molar-refractivity contribution is -0.139. The molecule has 0 fully saturated rings. The number of carbonyl (C=O) groups excluding carboxylic acids is 1. The molecule has 19 heavy (non-hydrogen) atoms. The summed E-state index contributed by atoms with van der Waals surface area (Å²) in [6.45, 7) is 1.79. The molecule has 0 amide bonds. The smallest absolute Gasteiger partial charge is 0.310 e. The average Bonchev–Trinajstić information content (AvgIpc) is 2.43. The number of hydrogen-bond acceptors (Lipinski definition) is 5. The van der Waals surface area contributed by atoms with Gasteiger partial charge in [0.25, 0.3) is 0 Å². The van der Waals surface area contributed by atoms with Crippen LogP contribution in [0.15, 0.2) is 24.5 Å². The van der Waals surface area contributed by atoms with Gasteiger partial charge in [-0.05, 0) is 19.1 Å². The number of nitrogens with zero attached hydrogens (tertiary/aromatic N) is 3. The molecule has 0 saturated heterocycles. The van der Waals surface area contributed by atoms with Crippen LogP contribution >= 0.6 is 11.6 Å². The van der Waals surface area contributed by atoms with Gasteiger partial charge in [0, 0.05) is 29.2 Å². The molecule has 0 aliphatic heterocycles. The van der Waals surface area contributed by atoms with E-state index in [1.165, 1.54) is 7.11 Å². The lowest BCUT2D eigenvalue weighted by atomic mass is 10.1. The zero-order chi connectivity index (χ0) is 13.8. The fraction of sp³-hybridized carbons (Fsp3) is 0.231. The van der Waals surface area contributed by atoms with Crippen LogP contribution in [0.3, 0.4) is 0 Å². The summed E-state index contributed by atoms with van der Waals surface area (Å²) < 4.78 is 4.62. The number of ether oxygens (including phenoxy) is 1. The summed E-state index contributed by atoms with van der Waals surface area (Å²) in [4.78, 5) is 23.8. The first-order valence-corrected chi connectivity index (χ1v) is 6.00. The molecular weight excluding hydrogens is 266 g/mol. The predicted octanol–water partition coefficient (Wildman–Crippen LogP) is 2.22. The second-order valence-electron chi connectivity index (χ2n) is 3.89. The van der Waals surface area contributed by atoms with Gasteiger partial charge in [0.05, 0.1) is 13.5 Å². The standard InChI is InChI=1S/C13H12ClN3O2/c1-8-10(7-11(18)19-2)12(14)17-13(16-8)9-3-5-15-6-4-9/h3-6H,7H2,1-2H3. The van der Waals surface area contributed by atoms with E-state index in [-0.39, 0.29) is 17.5 Å². The van der Waals surface area contributed by atoms with Crippen LogP contribution in [-0.2, 0) is 16.0 Å². The van der Waals surface area contributed by atoms with Crippen molar-refractivity contribution in [3.05, 3.63) is 40.9 Å². The van der Waals surface area contributed by atoms with E-state index < -0.39 is 0 Å². The maximum absolute atomic E-state index is 11.3. The van der Waals surface area contributed by atoms with Gasteiger partial charge < -0.3 is 4.74 Å². The Hall–Kier alpha value is -2.01. The molecule has 0 aromatic carbocycles. The number of aromatic nitrogens is 3. The number of hydrogen-bond donors (Lipinski definition) is 0. The van der Waals surface area contributed by atoms with Crippen molar-refractivity contribution in [2.75, 3.05) is 7.11 Å². The SMILES string of the molecule is COC(=O)Cc1c(C)nc(-c2ccncc2)nc1Cl. The van der Waals surface area contributed by atoms with Gasteiger partial charge in [-0.2, -0.15) is 0 Å². The van der Waals surface area contributed by atoms with Crippen LogP contribution in [0, 0.1) is 6.92 Å². The first kappa shape index (κ1) is 13.4. The largest absolute Gasteiger partial charge is 0.469 e. The summed E-state index contributed by atoms with van der Waals surface area (Å²) in [5.41, 5.74) is 2.08. The molecule has 0 spiro atoms. The minimum Gasteiger partial charge on any atom is -0.469 e. The number of methoxy groups -OCH3 is 1. The van der Waals surface area contributed by atoms with E-state index in [2.05, 4.69) is 19.7 Å². The molecule has 5 nitrogen and oxygen atoms in total. The lowest BCUT2D eigenvalue weighted by Crippen LogP contribution is -2.09. The Morgan fingerprint density at radius 1 is 1.32 bits per heavy atom. The van der Waals surface area contributed by atoms with Gasteiger partial charge in [0.1, 0.15) is 5.15 Å². The van der Waals surface area contributed by atoms with Crippen molar-refractivity contribution in [3.63, 3.8) is 0 Å². The van der Waals surface area contributed by atoms with E-state index in [0.29, 0.717) is 17.1 Å². The number of rotatable bonds is 3. The molecule has 0 radical (unpaired) electrons. The minimum atomic E-state index is -0.370. The molecule has 6 heteroatoms. The number of pyridine rings is 1.